The fourth-order valence-corrected chi connectivity index (χ4v) is 1.59. The summed E-state index contributed by atoms with van der Waals surface area (Å²) in [4.78, 5) is 22.8. The van der Waals surface area contributed by atoms with E-state index < -0.39 is 17.6 Å². The summed E-state index contributed by atoms with van der Waals surface area (Å²) in [6.45, 7) is 3.44. The minimum absolute atomic E-state index is 0.0479. The molecule has 0 spiro atoms. The van der Waals surface area contributed by atoms with Crippen molar-refractivity contribution in [1.29, 1.82) is 0 Å². The Balaban J connectivity index is 3.11. The average Bonchev–Trinajstić information content (AvgIpc) is 2.31. The number of carbonyl (C=O) groups excluding carboxylic acids is 2. The van der Waals surface area contributed by atoms with Crippen LogP contribution < -0.4 is 0 Å². The first kappa shape index (κ1) is 13.6. The van der Waals surface area contributed by atoms with Gasteiger partial charge in [0.25, 0.3) is 5.78 Å². The van der Waals surface area contributed by atoms with Crippen LogP contribution in [0.25, 0.3) is 0 Å². The average molecular weight is 259 g/mol. The van der Waals surface area contributed by atoms with E-state index in [1.165, 1.54) is 6.07 Å². The van der Waals surface area contributed by atoms with Gasteiger partial charge in [-0.3, -0.25) is 4.79 Å². The van der Waals surface area contributed by atoms with E-state index >= 15 is 0 Å². The van der Waals surface area contributed by atoms with Gasteiger partial charge in [-0.25, -0.2) is 9.18 Å². The van der Waals surface area contributed by atoms with Crippen molar-refractivity contribution in [3.05, 3.63) is 34.1 Å². The Hall–Kier alpha value is -1.42. The van der Waals surface area contributed by atoms with Crippen molar-refractivity contribution in [3.8, 4) is 0 Å². The third-order valence-corrected chi connectivity index (χ3v) is 2.48. The van der Waals surface area contributed by atoms with Crippen LogP contribution in [0.1, 0.15) is 29.8 Å². The number of esters is 1. The van der Waals surface area contributed by atoms with E-state index in [1.54, 1.807) is 13.8 Å². The van der Waals surface area contributed by atoms with E-state index in [2.05, 4.69) is 4.74 Å². The molecule has 17 heavy (non-hydrogen) atoms. The first-order chi connectivity index (χ1) is 8.01. The Labute approximate surface area is 104 Å². The second-order valence-electron chi connectivity index (χ2n) is 3.33. The lowest BCUT2D eigenvalue weighted by Gasteiger charge is -2.06. The fourth-order valence-electron chi connectivity index (χ4n) is 1.35. The molecule has 0 atom stereocenters. The molecule has 0 aliphatic rings. The molecule has 1 aromatic rings. The summed E-state index contributed by atoms with van der Waals surface area (Å²) in [5.74, 6) is -2.34. The predicted molar refractivity (Wildman–Crippen MR) is 61.8 cm³/mol. The number of carbonyl (C=O) groups is 2. The van der Waals surface area contributed by atoms with Crippen LogP contribution in [0.3, 0.4) is 0 Å². The second kappa shape index (κ2) is 5.77. The van der Waals surface area contributed by atoms with E-state index in [4.69, 9.17) is 11.6 Å². The van der Waals surface area contributed by atoms with Gasteiger partial charge < -0.3 is 4.74 Å². The molecule has 0 unspecified atom stereocenters. The smallest absolute Gasteiger partial charge is 0.379 e. The lowest BCUT2D eigenvalue weighted by Crippen LogP contribution is -2.18. The van der Waals surface area contributed by atoms with Crippen molar-refractivity contribution in [2.24, 2.45) is 0 Å². The van der Waals surface area contributed by atoms with E-state index in [9.17, 15) is 14.0 Å². The third-order valence-electron chi connectivity index (χ3n) is 2.21. The van der Waals surface area contributed by atoms with Crippen LogP contribution in [0.5, 0.6) is 0 Å². The van der Waals surface area contributed by atoms with Gasteiger partial charge in [-0.05, 0) is 31.0 Å². The first-order valence-corrected chi connectivity index (χ1v) is 5.58. The summed E-state index contributed by atoms with van der Waals surface area (Å²) in [6.07, 6.45) is 0.384. The van der Waals surface area contributed by atoms with Crippen LogP contribution in [0.2, 0.25) is 5.02 Å². The van der Waals surface area contributed by atoms with Gasteiger partial charge >= 0.3 is 5.97 Å². The summed E-state index contributed by atoms with van der Waals surface area (Å²) in [6, 6.07) is 2.45. The highest BCUT2D eigenvalue weighted by atomic mass is 35.5. The Morgan fingerprint density at radius 3 is 2.53 bits per heavy atom. The van der Waals surface area contributed by atoms with Gasteiger partial charge in [-0.2, -0.15) is 0 Å². The maximum atomic E-state index is 13.4. The van der Waals surface area contributed by atoms with E-state index in [-0.39, 0.29) is 17.2 Å². The predicted octanol–water partition coefficient (Wildman–Crippen LogP) is 2.79. The number of aryl methyl sites for hydroxylation is 1. The lowest BCUT2D eigenvalue weighted by atomic mass is 10.0. The molecule has 0 aromatic heterocycles. The molecule has 1 rings (SSSR count). The molecule has 0 fully saturated rings. The molecule has 0 aliphatic heterocycles. The van der Waals surface area contributed by atoms with Gasteiger partial charge in [-0.1, -0.05) is 18.5 Å². The standard InChI is InChI=1S/C12H12ClFO3/c1-3-7-5-8(6-9(13)10(7)14)11(15)12(16)17-4-2/h5-6H,3-4H2,1-2H3. The molecule has 0 heterocycles. The minimum atomic E-state index is -0.961. The number of rotatable bonds is 4. The molecule has 0 saturated carbocycles. The Morgan fingerprint density at radius 1 is 1.35 bits per heavy atom. The van der Waals surface area contributed by atoms with Crippen LogP contribution >= 0.6 is 11.6 Å². The molecule has 0 bridgehead atoms. The highest BCUT2D eigenvalue weighted by Gasteiger charge is 2.20. The van der Waals surface area contributed by atoms with Gasteiger partial charge in [0.15, 0.2) is 0 Å². The lowest BCUT2D eigenvalue weighted by molar-refractivity contribution is -0.137. The molecule has 0 radical (unpaired) electrons. The quantitative estimate of drug-likeness (QED) is 0.474. The normalized spacial score (nSPS) is 10.1. The molecular weight excluding hydrogens is 247 g/mol. The van der Waals surface area contributed by atoms with Crippen LogP contribution in [-0.4, -0.2) is 18.4 Å². The highest BCUT2D eigenvalue weighted by Crippen LogP contribution is 2.22. The van der Waals surface area contributed by atoms with Crippen molar-refractivity contribution in [3.63, 3.8) is 0 Å². The number of hydrogen-bond acceptors (Lipinski definition) is 3. The van der Waals surface area contributed by atoms with Crippen molar-refractivity contribution < 1.29 is 18.7 Å². The molecule has 1 aromatic carbocycles. The zero-order valence-electron chi connectivity index (χ0n) is 9.55. The highest BCUT2D eigenvalue weighted by molar-refractivity contribution is 6.41. The zero-order valence-corrected chi connectivity index (χ0v) is 10.3. The summed E-state index contributed by atoms with van der Waals surface area (Å²) in [7, 11) is 0. The van der Waals surface area contributed by atoms with Gasteiger partial charge in [0.1, 0.15) is 5.82 Å². The molecule has 5 heteroatoms. The number of halogens is 2. The zero-order chi connectivity index (χ0) is 13.0. The monoisotopic (exact) mass is 258 g/mol. The third kappa shape index (κ3) is 3.03. The summed E-state index contributed by atoms with van der Waals surface area (Å²) in [5.41, 5.74) is 0.344. The van der Waals surface area contributed by atoms with Crippen molar-refractivity contribution >= 4 is 23.4 Å². The maximum absolute atomic E-state index is 13.4. The van der Waals surface area contributed by atoms with Crippen molar-refractivity contribution in [2.45, 2.75) is 20.3 Å². The fraction of sp³-hybridized carbons (Fsp3) is 0.333. The van der Waals surface area contributed by atoms with Crippen molar-refractivity contribution in [1.82, 2.24) is 0 Å². The van der Waals surface area contributed by atoms with Crippen LogP contribution in [0.15, 0.2) is 12.1 Å². The number of benzene rings is 1. The number of hydrogen-bond donors (Lipinski definition) is 0. The Morgan fingerprint density at radius 2 is 2.00 bits per heavy atom. The van der Waals surface area contributed by atoms with Crippen LogP contribution in [-0.2, 0) is 16.0 Å². The Kier molecular flexibility index (Phi) is 4.63. The second-order valence-corrected chi connectivity index (χ2v) is 3.74. The molecule has 3 nitrogen and oxygen atoms in total. The first-order valence-electron chi connectivity index (χ1n) is 5.20. The van der Waals surface area contributed by atoms with E-state index in [1.807, 2.05) is 0 Å². The molecule has 0 aliphatic carbocycles. The van der Waals surface area contributed by atoms with E-state index in [0.29, 0.717) is 12.0 Å². The van der Waals surface area contributed by atoms with Gasteiger partial charge in [-0.15, -0.1) is 0 Å². The van der Waals surface area contributed by atoms with Gasteiger partial charge in [0.2, 0.25) is 0 Å². The maximum Gasteiger partial charge on any atom is 0.379 e. The summed E-state index contributed by atoms with van der Waals surface area (Å²) in [5, 5.41) is -0.169. The van der Waals surface area contributed by atoms with Crippen LogP contribution in [0, 0.1) is 5.82 Å². The molecule has 0 N–H and O–H groups in total. The molecular formula is C12H12ClFO3. The number of ketones is 1. The van der Waals surface area contributed by atoms with Gasteiger partial charge in [0.05, 0.1) is 11.6 Å². The topological polar surface area (TPSA) is 43.4 Å². The Bertz CT molecular complexity index is 457. The number of ether oxygens (including phenoxy) is 1. The van der Waals surface area contributed by atoms with Gasteiger partial charge in [0, 0.05) is 5.56 Å². The molecule has 0 amide bonds. The van der Waals surface area contributed by atoms with Crippen LogP contribution in [0.4, 0.5) is 4.39 Å². The summed E-state index contributed by atoms with van der Waals surface area (Å²) < 4.78 is 18.0. The molecule has 0 saturated heterocycles. The van der Waals surface area contributed by atoms with Crippen molar-refractivity contribution in [2.75, 3.05) is 6.61 Å². The summed E-state index contributed by atoms with van der Waals surface area (Å²) >= 11 is 5.64. The largest absolute Gasteiger partial charge is 0.460 e. The van der Waals surface area contributed by atoms with E-state index in [0.717, 1.165) is 6.07 Å². The SMILES string of the molecule is CCOC(=O)C(=O)c1cc(Cl)c(F)c(CC)c1. The molecule has 92 valence electrons. The minimum Gasteiger partial charge on any atom is -0.460 e. The number of Topliss-reactive ketones (excluding diaryl/α,β-unsaturated/α-hetero) is 1.